The molecule has 2 fully saturated rings. The molecule has 0 aliphatic heterocycles. The molecule has 0 spiro atoms. The fraction of sp³-hybridized carbons (Fsp3) is 0.857. The van der Waals surface area contributed by atoms with Crippen LogP contribution in [0.15, 0.2) is 0 Å². The van der Waals surface area contributed by atoms with E-state index in [1.807, 2.05) is 13.8 Å². The Balaban J connectivity index is 2.18. The third-order valence-corrected chi connectivity index (χ3v) is 8.24. The minimum atomic E-state index is -1.07. The van der Waals surface area contributed by atoms with Crippen molar-refractivity contribution in [2.75, 3.05) is 0 Å². The topological polar surface area (TPSA) is 133 Å². The van der Waals surface area contributed by atoms with Crippen LogP contribution in [0.2, 0.25) is 0 Å². The standard InChI is InChI=1S/C28H48N2O6/c1-3-5-16-23(28(35)36)25(26(32)30-22-14-10-7-11-15-22)19(4-2)17-20(27(33)34)18-24(31)29-21-12-8-6-9-13-21/h19-23,25H,3-18H2,1-2H3,(H,29,31)(H,30,32)(H,33,34)(H,35,36). The van der Waals surface area contributed by atoms with Crippen LogP contribution in [0.5, 0.6) is 0 Å². The van der Waals surface area contributed by atoms with Gasteiger partial charge in [0.25, 0.3) is 0 Å². The number of carbonyl (C=O) groups excluding carboxylic acids is 2. The minimum absolute atomic E-state index is 0.0448. The van der Waals surface area contributed by atoms with Crippen LogP contribution >= 0.6 is 0 Å². The van der Waals surface area contributed by atoms with Gasteiger partial charge < -0.3 is 20.8 Å². The van der Waals surface area contributed by atoms with E-state index in [0.29, 0.717) is 19.3 Å². The number of unbranched alkanes of at least 4 members (excludes halogenated alkanes) is 1. The lowest BCUT2D eigenvalue weighted by molar-refractivity contribution is -0.151. The SMILES string of the molecule is CCCCC(C(=O)O)C(C(=O)NC1CCCCC1)C(CC)CC(CC(=O)NC1CCCCC1)C(=O)O. The van der Waals surface area contributed by atoms with Crippen molar-refractivity contribution in [3.05, 3.63) is 0 Å². The van der Waals surface area contributed by atoms with E-state index in [0.717, 1.165) is 70.6 Å². The van der Waals surface area contributed by atoms with Gasteiger partial charge in [-0.05, 0) is 44.4 Å². The highest BCUT2D eigenvalue weighted by molar-refractivity contribution is 5.85. The smallest absolute Gasteiger partial charge is 0.307 e. The molecule has 0 heterocycles. The maximum atomic E-state index is 13.6. The zero-order chi connectivity index (χ0) is 26.5. The van der Waals surface area contributed by atoms with E-state index < -0.39 is 35.6 Å². The molecule has 0 aromatic heterocycles. The van der Waals surface area contributed by atoms with Crippen molar-refractivity contribution in [2.24, 2.45) is 23.7 Å². The van der Waals surface area contributed by atoms with E-state index in [1.54, 1.807) is 0 Å². The highest BCUT2D eigenvalue weighted by Crippen LogP contribution is 2.35. The van der Waals surface area contributed by atoms with Crippen LogP contribution < -0.4 is 10.6 Å². The summed E-state index contributed by atoms with van der Waals surface area (Å²) < 4.78 is 0. The highest BCUT2D eigenvalue weighted by atomic mass is 16.4. The Kier molecular flexibility index (Phi) is 13.3. The Labute approximate surface area is 216 Å². The summed E-state index contributed by atoms with van der Waals surface area (Å²) >= 11 is 0. The first-order valence-corrected chi connectivity index (χ1v) is 14.3. The Hall–Kier alpha value is -2.12. The third-order valence-electron chi connectivity index (χ3n) is 8.24. The quantitative estimate of drug-likeness (QED) is 0.249. The molecule has 0 aromatic rings. The van der Waals surface area contributed by atoms with Crippen LogP contribution in [0.1, 0.15) is 117 Å². The molecule has 2 rings (SSSR count). The van der Waals surface area contributed by atoms with Crippen LogP contribution in [0.25, 0.3) is 0 Å². The van der Waals surface area contributed by atoms with E-state index in [2.05, 4.69) is 10.6 Å². The van der Waals surface area contributed by atoms with E-state index in [9.17, 15) is 29.4 Å². The Bertz CT molecular complexity index is 715. The molecular weight excluding hydrogens is 460 g/mol. The predicted octanol–water partition coefficient (Wildman–Crippen LogP) is 4.90. The maximum Gasteiger partial charge on any atom is 0.307 e. The summed E-state index contributed by atoms with van der Waals surface area (Å²) in [4.78, 5) is 50.7. The number of amides is 2. The third kappa shape index (κ3) is 9.74. The molecule has 8 heteroatoms. The second kappa shape index (κ2) is 15.9. The van der Waals surface area contributed by atoms with Crippen molar-refractivity contribution < 1.29 is 29.4 Å². The average Bonchev–Trinajstić information content (AvgIpc) is 2.85. The maximum absolute atomic E-state index is 13.6. The molecule has 0 saturated heterocycles. The number of aliphatic carboxylic acids is 2. The zero-order valence-electron chi connectivity index (χ0n) is 22.3. The fourth-order valence-electron chi connectivity index (χ4n) is 6.11. The number of rotatable bonds is 15. The number of hydrogen-bond acceptors (Lipinski definition) is 4. The molecule has 206 valence electrons. The van der Waals surface area contributed by atoms with Crippen molar-refractivity contribution in [2.45, 2.75) is 129 Å². The molecule has 4 unspecified atom stereocenters. The Morgan fingerprint density at radius 1 is 0.806 bits per heavy atom. The van der Waals surface area contributed by atoms with E-state index in [-0.39, 0.29) is 36.7 Å². The molecule has 4 N–H and O–H groups in total. The second-order valence-corrected chi connectivity index (χ2v) is 11.0. The van der Waals surface area contributed by atoms with E-state index in [1.165, 1.54) is 0 Å². The first kappa shape index (κ1) is 30.1. The first-order valence-electron chi connectivity index (χ1n) is 14.3. The number of carbonyl (C=O) groups is 4. The summed E-state index contributed by atoms with van der Waals surface area (Å²) in [7, 11) is 0. The Morgan fingerprint density at radius 2 is 1.36 bits per heavy atom. The molecule has 0 aromatic carbocycles. The summed E-state index contributed by atoms with van der Waals surface area (Å²) in [5, 5.41) is 26.1. The lowest BCUT2D eigenvalue weighted by atomic mass is 9.73. The summed E-state index contributed by atoms with van der Waals surface area (Å²) in [6.45, 7) is 3.87. The van der Waals surface area contributed by atoms with Crippen molar-refractivity contribution in [1.82, 2.24) is 10.6 Å². The zero-order valence-corrected chi connectivity index (χ0v) is 22.3. The second-order valence-electron chi connectivity index (χ2n) is 11.0. The van der Waals surface area contributed by atoms with Gasteiger partial charge in [0.1, 0.15) is 0 Å². The lowest BCUT2D eigenvalue weighted by Crippen LogP contribution is -2.47. The number of carboxylic acids is 2. The molecule has 2 aliphatic rings. The van der Waals surface area contributed by atoms with Crippen molar-refractivity contribution in [3.63, 3.8) is 0 Å². The highest BCUT2D eigenvalue weighted by Gasteiger charge is 2.41. The summed E-state index contributed by atoms with van der Waals surface area (Å²) in [6.07, 6.45) is 12.5. The monoisotopic (exact) mass is 508 g/mol. The number of nitrogens with one attached hydrogen (secondary N) is 2. The predicted molar refractivity (Wildman–Crippen MR) is 138 cm³/mol. The van der Waals surface area contributed by atoms with Gasteiger partial charge in [-0.3, -0.25) is 19.2 Å². The summed E-state index contributed by atoms with van der Waals surface area (Å²) in [5.74, 6) is -5.69. The molecular formula is C28H48N2O6. The lowest BCUT2D eigenvalue weighted by Gasteiger charge is -2.34. The van der Waals surface area contributed by atoms with Gasteiger partial charge in [-0.15, -0.1) is 0 Å². The van der Waals surface area contributed by atoms with E-state index in [4.69, 9.17) is 0 Å². The van der Waals surface area contributed by atoms with Crippen molar-refractivity contribution >= 4 is 23.8 Å². The molecule has 0 bridgehead atoms. The number of hydrogen-bond donors (Lipinski definition) is 4. The van der Waals surface area contributed by atoms with Crippen LogP contribution in [-0.4, -0.2) is 46.0 Å². The largest absolute Gasteiger partial charge is 0.481 e. The van der Waals surface area contributed by atoms with Gasteiger partial charge in [-0.2, -0.15) is 0 Å². The number of carboxylic acid groups (broad SMARTS) is 2. The van der Waals surface area contributed by atoms with Crippen LogP contribution in [-0.2, 0) is 19.2 Å². The Morgan fingerprint density at radius 3 is 1.83 bits per heavy atom. The van der Waals surface area contributed by atoms with Crippen LogP contribution in [0.4, 0.5) is 0 Å². The van der Waals surface area contributed by atoms with Gasteiger partial charge >= 0.3 is 11.9 Å². The van der Waals surface area contributed by atoms with Crippen LogP contribution in [0, 0.1) is 23.7 Å². The molecule has 2 aliphatic carbocycles. The summed E-state index contributed by atoms with van der Waals surface area (Å²) in [6, 6.07) is 0.144. The van der Waals surface area contributed by atoms with Gasteiger partial charge in [0.2, 0.25) is 11.8 Å². The normalized spacial score (nSPS) is 20.6. The van der Waals surface area contributed by atoms with E-state index >= 15 is 0 Å². The van der Waals surface area contributed by atoms with Crippen molar-refractivity contribution in [3.8, 4) is 0 Å². The molecule has 4 atom stereocenters. The van der Waals surface area contributed by atoms with Gasteiger partial charge in [0.05, 0.1) is 17.8 Å². The van der Waals surface area contributed by atoms with Crippen molar-refractivity contribution in [1.29, 1.82) is 0 Å². The molecule has 36 heavy (non-hydrogen) atoms. The van der Waals surface area contributed by atoms with Gasteiger partial charge in [-0.25, -0.2) is 0 Å². The first-order chi connectivity index (χ1) is 17.3. The molecule has 2 amide bonds. The van der Waals surface area contributed by atoms with Gasteiger partial charge in [0.15, 0.2) is 0 Å². The summed E-state index contributed by atoms with van der Waals surface area (Å²) in [5.41, 5.74) is 0. The molecule has 0 radical (unpaired) electrons. The van der Waals surface area contributed by atoms with Crippen LogP contribution in [0.3, 0.4) is 0 Å². The molecule has 2 saturated carbocycles. The molecule has 8 nitrogen and oxygen atoms in total. The van der Waals surface area contributed by atoms with Gasteiger partial charge in [0, 0.05) is 18.5 Å². The average molecular weight is 509 g/mol. The fourth-order valence-corrected chi connectivity index (χ4v) is 6.11. The van der Waals surface area contributed by atoms with Gasteiger partial charge in [-0.1, -0.05) is 71.6 Å². The minimum Gasteiger partial charge on any atom is -0.481 e.